The van der Waals surface area contributed by atoms with Crippen LogP contribution in [0.25, 0.3) is 5.69 Å². The van der Waals surface area contributed by atoms with Gasteiger partial charge in [-0.1, -0.05) is 50.0 Å². The van der Waals surface area contributed by atoms with Gasteiger partial charge in [0.15, 0.2) is 0 Å². The fraction of sp³-hybridized carbons (Fsp3) is 0.414. The third-order valence-corrected chi connectivity index (χ3v) is 8.53. The van der Waals surface area contributed by atoms with Crippen LogP contribution in [0.15, 0.2) is 59.4 Å². The van der Waals surface area contributed by atoms with Crippen molar-refractivity contribution in [3.63, 3.8) is 0 Å². The third-order valence-electron chi connectivity index (χ3n) is 6.83. The standard InChI is InChI=1S/C29H37FN4O4Si/c1-39(2,3)18-17-38-20-33-26(13-14-27(35)32-25-15-16-31-28(25)36)24(19-21-7-5-4-6-8-21)29(37)34(33)23-11-9-22(30)10-12-23/h4-12,25H,13-20H2,1-3H3,(H,31,36)(H,32,35)/t25-/m0/s1. The van der Waals surface area contributed by atoms with Crippen molar-refractivity contribution in [2.45, 2.75) is 64.1 Å². The zero-order chi connectivity index (χ0) is 28.0. The molecule has 1 saturated heterocycles. The largest absolute Gasteiger partial charge is 0.360 e. The Morgan fingerprint density at radius 2 is 1.82 bits per heavy atom. The number of nitrogens with one attached hydrogen (secondary N) is 2. The van der Waals surface area contributed by atoms with E-state index in [2.05, 4.69) is 30.3 Å². The van der Waals surface area contributed by atoms with Gasteiger partial charge in [0.25, 0.3) is 5.56 Å². The van der Waals surface area contributed by atoms with Gasteiger partial charge >= 0.3 is 0 Å². The molecule has 2 N–H and O–H groups in total. The van der Waals surface area contributed by atoms with Crippen LogP contribution in [0.5, 0.6) is 0 Å². The van der Waals surface area contributed by atoms with Gasteiger partial charge < -0.3 is 15.4 Å². The maximum absolute atomic E-state index is 13.9. The number of rotatable bonds is 12. The van der Waals surface area contributed by atoms with E-state index in [9.17, 15) is 18.8 Å². The highest BCUT2D eigenvalue weighted by molar-refractivity contribution is 6.76. The highest BCUT2D eigenvalue weighted by atomic mass is 28.3. The van der Waals surface area contributed by atoms with Crippen molar-refractivity contribution in [2.24, 2.45) is 0 Å². The molecule has 1 fully saturated rings. The lowest BCUT2D eigenvalue weighted by atomic mass is 10.0. The van der Waals surface area contributed by atoms with Crippen molar-refractivity contribution < 1.29 is 18.7 Å². The lowest BCUT2D eigenvalue weighted by Crippen LogP contribution is -2.40. The van der Waals surface area contributed by atoms with Crippen molar-refractivity contribution in [3.05, 3.63) is 87.6 Å². The Balaban J connectivity index is 1.69. The molecular weight excluding hydrogens is 515 g/mol. The van der Waals surface area contributed by atoms with Crippen LogP contribution in [0.4, 0.5) is 4.39 Å². The molecule has 0 aliphatic carbocycles. The molecular formula is C29H37FN4O4Si. The minimum absolute atomic E-state index is 0.105. The van der Waals surface area contributed by atoms with Crippen LogP contribution in [-0.2, 0) is 33.9 Å². The Labute approximate surface area is 229 Å². The number of ether oxygens (including phenoxy) is 1. The van der Waals surface area contributed by atoms with Crippen LogP contribution in [0.2, 0.25) is 25.7 Å². The van der Waals surface area contributed by atoms with Crippen LogP contribution >= 0.6 is 0 Å². The molecule has 208 valence electrons. The van der Waals surface area contributed by atoms with E-state index in [0.29, 0.717) is 42.9 Å². The second kappa shape index (κ2) is 12.6. The van der Waals surface area contributed by atoms with E-state index in [1.54, 1.807) is 16.8 Å². The first-order valence-electron chi connectivity index (χ1n) is 13.4. The Hall–Kier alpha value is -3.50. The molecule has 2 heterocycles. The predicted octanol–water partition coefficient (Wildman–Crippen LogP) is 3.62. The number of aromatic nitrogens is 2. The minimum atomic E-state index is -1.33. The van der Waals surface area contributed by atoms with Gasteiger partial charge in [-0.25, -0.2) is 9.07 Å². The number of carbonyl (C=O) groups is 2. The van der Waals surface area contributed by atoms with Crippen molar-refractivity contribution in [1.29, 1.82) is 0 Å². The molecule has 2 amide bonds. The van der Waals surface area contributed by atoms with E-state index >= 15 is 0 Å². The second-order valence-corrected chi connectivity index (χ2v) is 16.7. The molecule has 39 heavy (non-hydrogen) atoms. The smallest absolute Gasteiger partial charge is 0.275 e. The first-order valence-corrected chi connectivity index (χ1v) is 17.1. The zero-order valence-electron chi connectivity index (χ0n) is 22.8. The molecule has 1 aliphatic rings. The summed E-state index contributed by atoms with van der Waals surface area (Å²) in [5.74, 6) is -0.826. The Kier molecular flexibility index (Phi) is 9.19. The van der Waals surface area contributed by atoms with Gasteiger partial charge in [0, 0.05) is 45.3 Å². The summed E-state index contributed by atoms with van der Waals surface area (Å²) in [6.07, 6.45) is 1.32. The molecule has 0 spiro atoms. The van der Waals surface area contributed by atoms with Gasteiger partial charge in [0.1, 0.15) is 18.6 Å². The summed E-state index contributed by atoms with van der Waals surface area (Å²) < 4.78 is 23.1. The van der Waals surface area contributed by atoms with Crippen LogP contribution in [0, 0.1) is 5.82 Å². The van der Waals surface area contributed by atoms with Gasteiger partial charge in [0.2, 0.25) is 11.8 Å². The van der Waals surface area contributed by atoms with E-state index < -0.39 is 19.9 Å². The lowest BCUT2D eigenvalue weighted by Gasteiger charge is -2.19. The van der Waals surface area contributed by atoms with Crippen molar-refractivity contribution in [1.82, 2.24) is 20.0 Å². The number of carbonyl (C=O) groups excluding carboxylic acids is 2. The van der Waals surface area contributed by atoms with Gasteiger partial charge in [0.05, 0.1) is 5.69 Å². The molecule has 8 nitrogen and oxygen atoms in total. The number of amides is 2. The SMILES string of the molecule is C[Si](C)(C)CCOCn1c(CCC(=O)N[C@H]2CCNC2=O)c(Cc2ccccc2)c(=O)n1-c1ccc(F)cc1. The van der Waals surface area contributed by atoms with Gasteiger partial charge in [-0.05, 0) is 48.7 Å². The average Bonchev–Trinajstić information content (AvgIpc) is 3.41. The first kappa shape index (κ1) is 28.5. The molecule has 10 heteroatoms. The molecule has 0 bridgehead atoms. The van der Waals surface area contributed by atoms with Gasteiger partial charge in [-0.15, -0.1) is 0 Å². The van der Waals surface area contributed by atoms with E-state index in [0.717, 1.165) is 11.6 Å². The quantitative estimate of drug-likeness (QED) is 0.265. The summed E-state index contributed by atoms with van der Waals surface area (Å²) in [5.41, 5.74) is 2.50. The topological polar surface area (TPSA) is 94.4 Å². The Morgan fingerprint density at radius 1 is 1.10 bits per heavy atom. The van der Waals surface area contributed by atoms with E-state index in [1.807, 2.05) is 30.3 Å². The normalized spacial score (nSPS) is 15.4. The number of halogens is 1. The van der Waals surface area contributed by atoms with E-state index in [4.69, 9.17) is 4.74 Å². The first-order chi connectivity index (χ1) is 18.6. The van der Waals surface area contributed by atoms with Crippen LogP contribution in [0.1, 0.15) is 29.7 Å². The van der Waals surface area contributed by atoms with Crippen LogP contribution in [0.3, 0.4) is 0 Å². The Morgan fingerprint density at radius 3 is 2.46 bits per heavy atom. The zero-order valence-corrected chi connectivity index (χ0v) is 23.8. The average molecular weight is 553 g/mol. The molecule has 1 aliphatic heterocycles. The van der Waals surface area contributed by atoms with Crippen molar-refractivity contribution in [3.8, 4) is 5.69 Å². The molecule has 3 aromatic rings. The minimum Gasteiger partial charge on any atom is -0.360 e. The third kappa shape index (κ3) is 7.54. The molecule has 1 aromatic heterocycles. The van der Waals surface area contributed by atoms with Crippen molar-refractivity contribution >= 4 is 19.9 Å². The number of hydrogen-bond donors (Lipinski definition) is 2. The van der Waals surface area contributed by atoms with Crippen molar-refractivity contribution in [2.75, 3.05) is 13.2 Å². The molecule has 4 rings (SSSR count). The summed E-state index contributed by atoms with van der Waals surface area (Å²) in [6.45, 7) is 8.02. The molecule has 1 atom stereocenters. The maximum atomic E-state index is 13.9. The van der Waals surface area contributed by atoms with Crippen LogP contribution < -0.4 is 16.2 Å². The highest BCUT2D eigenvalue weighted by Crippen LogP contribution is 2.19. The van der Waals surface area contributed by atoms with E-state index in [1.165, 1.54) is 16.8 Å². The maximum Gasteiger partial charge on any atom is 0.275 e. The summed E-state index contributed by atoms with van der Waals surface area (Å²) >= 11 is 0. The summed E-state index contributed by atoms with van der Waals surface area (Å²) in [7, 11) is -1.33. The molecule has 2 aromatic carbocycles. The lowest BCUT2D eigenvalue weighted by molar-refractivity contribution is -0.127. The molecule has 0 radical (unpaired) electrons. The molecule has 0 unspecified atom stereocenters. The fourth-order valence-corrected chi connectivity index (χ4v) is 5.39. The predicted molar refractivity (Wildman–Crippen MR) is 151 cm³/mol. The number of hydrogen-bond acceptors (Lipinski definition) is 4. The summed E-state index contributed by atoms with van der Waals surface area (Å²) in [4.78, 5) is 38.6. The van der Waals surface area contributed by atoms with E-state index in [-0.39, 0.29) is 36.9 Å². The van der Waals surface area contributed by atoms with Gasteiger partial charge in [-0.2, -0.15) is 0 Å². The highest BCUT2D eigenvalue weighted by Gasteiger charge is 2.27. The number of nitrogens with zero attached hydrogens (tertiary/aromatic N) is 2. The monoisotopic (exact) mass is 552 g/mol. The summed E-state index contributed by atoms with van der Waals surface area (Å²) in [5, 5.41) is 5.53. The van der Waals surface area contributed by atoms with Crippen LogP contribution in [-0.4, -0.2) is 48.4 Å². The van der Waals surface area contributed by atoms with Gasteiger partial charge in [-0.3, -0.25) is 19.1 Å². The molecule has 0 saturated carbocycles. The summed E-state index contributed by atoms with van der Waals surface area (Å²) in [6, 6.07) is 15.9. The number of benzene rings is 2. The fourth-order valence-electron chi connectivity index (χ4n) is 4.63. The Bertz CT molecular complexity index is 1350. The second-order valence-electron chi connectivity index (χ2n) is 11.1.